The van der Waals surface area contributed by atoms with Crippen molar-refractivity contribution >= 4 is 17.2 Å². The third kappa shape index (κ3) is 6.02. The van der Waals surface area contributed by atoms with Crippen LogP contribution < -0.4 is 4.74 Å². The second-order valence-electron chi connectivity index (χ2n) is 6.75. The summed E-state index contributed by atoms with van der Waals surface area (Å²) in [6.45, 7) is 5.58. The summed E-state index contributed by atoms with van der Waals surface area (Å²) in [7, 11) is 1.88. The monoisotopic (exact) mass is 391 g/mol. The Balaban J connectivity index is 1.34. The molecule has 5 nitrogen and oxygen atoms in total. The summed E-state index contributed by atoms with van der Waals surface area (Å²) in [5.74, 6) is 0.0231. The molecule has 2 heterocycles. The number of ether oxygens (including phenoxy) is 1. The average Bonchev–Trinajstić information content (AvgIpc) is 3.17. The molecule has 1 amide bonds. The van der Waals surface area contributed by atoms with Crippen molar-refractivity contribution in [3.05, 3.63) is 52.5 Å². The van der Waals surface area contributed by atoms with E-state index in [0.29, 0.717) is 19.7 Å². The van der Waals surface area contributed by atoms with E-state index in [1.165, 1.54) is 10.9 Å². The minimum atomic E-state index is -0.364. The fraction of sp³-hybridized carbons (Fsp3) is 0.450. The maximum atomic E-state index is 13.5. The highest BCUT2D eigenvalue weighted by molar-refractivity contribution is 7.09. The molecule has 1 fully saturated rings. The molecule has 0 radical (unpaired) electrons. The number of hydrogen-bond donors (Lipinski definition) is 0. The highest BCUT2D eigenvalue weighted by Crippen LogP contribution is 2.15. The molecule has 3 rings (SSSR count). The maximum absolute atomic E-state index is 13.5. The van der Waals surface area contributed by atoms with E-state index in [1.807, 2.05) is 16.8 Å². The van der Waals surface area contributed by atoms with Crippen molar-refractivity contribution in [2.75, 3.05) is 52.9 Å². The molecule has 0 aliphatic carbocycles. The van der Waals surface area contributed by atoms with Crippen LogP contribution in [0.3, 0.4) is 0 Å². The van der Waals surface area contributed by atoms with Gasteiger partial charge in [0.05, 0.1) is 6.54 Å². The van der Waals surface area contributed by atoms with E-state index in [2.05, 4.69) is 22.4 Å². The van der Waals surface area contributed by atoms with Gasteiger partial charge in [0.2, 0.25) is 5.91 Å². The van der Waals surface area contributed by atoms with Crippen molar-refractivity contribution in [1.29, 1.82) is 0 Å². The number of para-hydroxylation sites is 1. The second-order valence-corrected chi connectivity index (χ2v) is 7.79. The van der Waals surface area contributed by atoms with Gasteiger partial charge in [-0.1, -0.05) is 18.2 Å². The first-order valence-electron chi connectivity index (χ1n) is 9.20. The quantitative estimate of drug-likeness (QED) is 0.693. The molecule has 1 aliphatic rings. The highest BCUT2D eigenvalue weighted by Gasteiger charge is 2.22. The van der Waals surface area contributed by atoms with Gasteiger partial charge in [-0.15, -0.1) is 11.3 Å². The molecule has 2 aromatic rings. The highest BCUT2D eigenvalue weighted by atomic mass is 32.1. The third-order valence-electron chi connectivity index (χ3n) is 4.66. The fourth-order valence-corrected chi connectivity index (χ4v) is 3.81. The van der Waals surface area contributed by atoms with Crippen molar-refractivity contribution < 1.29 is 13.9 Å². The Morgan fingerprint density at radius 2 is 1.96 bits per heavy atom. The van der Waals surface area contributed by atoms with Crippen LogP contribution in [0.2, 0.25) is 0 Å². The molecule has 27 heavy (non-hydrogen) atoms. The van der Waals surface area contributed by atoms with Gasteiger partial charge >= 0.3 is 0 Å². The first-order chi connectivity index (χ1) is 13.1. The fourth-order valence-electron chi connectivity index (χ4n) is 3.06. The number of halogens is 1. The first kappa shape index (κ1) is 19.8. The van der Waals surface area contributed by atoms with Gasteiger partial charge in [-0.2, -0.15) is 0 Å². The Kier molecular flexibility index (Phi) is 7.20. The molecular formula is C20H26FN3O2S. The molecule has 0 atom stereocenters. The van der Waals surface area contributed by atoms with Gasteiger partial charge < -0.3 is 9.64 Å². The van der Waals surface area contributed by atoms with Crippen LogP contribution in [0.5, 0.6) is 5.75 Å². The lowest BCUT2D eigenvalue weighted by Crippen LogP contribution is -2.50. The van der Waals surface area contributed by atoms with Crippen LogP contribution in [0.1, 0.15) is 4.88 Å². The van der Waals surface area contributed by atoms with E-state index in [4.69, 9.17) is 4.74 Å². The van der Waals surface area contributed by atoms with E-state index in [1.54, 1.807) is 29.5 Å². The molecule has 1 aliphatic heterocycles. The number of benzene rings is 1. The Bertz CT molecular complexity index is 718. The van der Waals surface area contributed by atoms with E-state index in [9.17, 15) is 9.18 Å². The third-order valence-corrected chi connectivity index (χ3v) is 5.52. The molecular weight excluding hydrogens is 365 g/mol. The minimum Gasteiger partial charge on any atom is -0.489 e. The maximum Gasteiger partial charge on any atom is 0.236 e. The van der Waals surface area contributed by atoms with E-state index < -0.39 is 0 Å². The number of likely N-dealkylation sites (N-methyl/N-ethyl adjacent to an activating group) is 1. The lowest BCUT2D eigenvalue weighted by atomic mass is 10.3. The number of carbonyl (C=O) groups is 1. The van der Waals surface area contributed by atoms with E-state index in [-0.39, 0.29) is 17.5 Å². The number of hydrogen-bond acceptors (Lipinski definition) is 5. The van der Waals surface area contributed by atoms with Crippen LogP contribution in [0.4, 0.5) is 4.39 Å². The summed E-state index contributed by atoms with van der Waals surface area (Å²) < 4.78 is 19.0. The molecule has 0 bridgehead atoms. The zero-order valence-corrected chi connectivity index (χ0v) is 16.5. The summed E-state index contributed by atoms with van der Waals surface area (Å²) in [6.07, 6.45) is 0. The number of nitrogens with zero attached hydrogens (tertiary/aromatic N) is 3. The summed E-state index contributed by atoms with van der Waals surface area (Å²) in [5, 5.41) is 2.10. The number of piperazine rings is 1. The van der Waals surface area contributed by atoms with Gasteiger partial charge in [0.15, 0.2) is 11.6 Å². The lowest BCUT2D eigenvalue weighted by Gasteiger charge is -2.35. The first-order valence-corrected chi connectivity index (χ1v) is 10.1. The van der Waals surface area contributed by atoms with Crippen molar-refractivity contribution in [2.45, 2.75) is 6.54 Å². The zero-order valence-electron chi connectivity index (χ0n) is 15.6. The van der Waals surface area contributed by atoms with E-state index in [0.717, 1.165) is 32.7 Å². The molecule has 0 N–H and O–H groups in total. The smallest absolute Gasteiger partial charge is 0.236 e. The largest absolute Gasteiger partial charge is 0.489 e. The van der Waals surface area contributed by atoms with Crippen LogP contribution in [0.15, 0.2) is 41.8 Å². The molecule has 1 saturated heterocycles. The molecule has 1 aromatic heterocycles. The van der Waals surface area contributed by atoms with Gasteiger partial charge in [0, 0.05) is 44.1 Å². The molecule has 7 heteroatoms. The Labute approximate surface area is 163 Å². The molecule has 0 spiro atoms. The molecule has 146 valence electrons. The zero-order chi connectivity index (χ0) is 19.1. The number of amides is 1. The minimum absolute atomic E-state index is 0.138. The summed E-state index contributed by atoms with van der Waals surface area (Å²) >= 11 is 1.77. The number of carbonyl (C=O) groups excluding carboxylic acids is 1. The number of rotatable bonds is 8. The van der Waals surface area contributed by atoms with Crippen molar-refractivity contribution in [3.8, 4) is 5.75 Å². The summed E-state index contributed by atoms with van der Waals surface area (Å²) in [4.78, 5) is 20.1. The van der Waals surface area contributed by atoms with Crippen LogP contribution in [-0.4, -0.2) is 73.5 Å². The van der Waals surface area contributed by atoms with Crippen molar-refractivity contribution in [2.24, 2.45) is 0 Å². The lowest BCUT2D eigenvalue weighted by molar-refractivity contribution is -0.134. The molecule has 1 aromatic carbocycles. The van der Waals surface area contributed by atoms with Crippen LogP contribution >= 0.6 is 11.3 Å². The van der Waals surface area contributed by atoms with E-state index >= 15 is 0 Å². The standard InChI is InChI=1S/C20H26FN3O2S/c1-22(12-13-26-19-7-3-2-6-18(19)21)16-20(25)24-10-8-23(9-11-24)15-17-5-4-14-27-17/h2-7,14H,8-13,15-16H2,1H3. The Morgan fingerprint density at radius 3 is 2.67 bits per heavy atom. The van der Waals surface area contributed by atoms with Crippen LogP contribution in [0.25, 0.3) is 0 Å². The van der Waals surface area contributed by atoms with Crippen molar-refractivity contribution in [1.82, 2.24) is 14.7 Å². The Morgan fingerprint density at radius 1 is 1.19 bits per heavy atom. The molecule has 0 saturated carbocycles. The number of thiophene rings is 1. The summed E-state index contributed by atoms with van der Waals surface area (Å²) in [5.41, 5.74) is 0. The molecule has 0 unspecified atom stereocenters. The van der Waals surface area contributed by atoms with Gasteiger partial charge in [-0.3, -0.25) is 14.6 Å². The van der Waals surface area contributed by atoms with Gasteiger partial charge in [-0.25, -0.2) is 4.39 Å². The topological polar surface area (TPSA) is 36.0 Å². The van der Waals surface area contributed by atoms with Crippen molar-refractivity contribution in [3.63, 3.8) is 0 Å². The van der Waals surface area contributed by atoms with Gasteiger partial charge in [0.25, 0.3) is 0 Å². The average molecular weight is 392 g/mol. The Hall–Kier alpha value is -1.96. The van der Waals surface area contributed by atoms with Crippen LogP contribution in [0, 0.1) is 5.82 Å². The normalized spacial score (nSPS) is 15.3. The second kappa shape index (κ2) is 9.82. The van der Waals surface area contributed by atoms with Gasteiger partial charge in [-0.05, 0) is 30.6 Å². The predicted molar refractivity (Wildman–Crippen MR) is 106 cm³/mol. The summed E-state index contributed by atoms with van der Waals surface area (Å²) in [6, 6.07) is 10.6. The van der Waals surface area contributed by atoms with Crippen LogP contribution in [-0.2, 0) is 11.3 Å². The van der Waals surface area contributed by atoms with Gasteiger partial charge in [0.1, 0.15) is 6.61 Å². The SMILES string of the molecule is CN(CCOc1ccccc1F)CC(=O)N1CCN(Cc2cccs2)CC1. The predicted octanol–water partition coefficient (Wildman–Crippen LogP) is 2.54.